The van der Waals surface area contributed by atoms with Gasteiger partial charge in [-0.2, -0.15) is 5.26 Å². The van der Waals surface area contributed by atoms with Crippen molar-refractivity contribution in [2.75, 3.05) is 12.4 Å². The highest BCUT2D eigenvalue weighted by atomic mass is 16.5. The second kappa shape index (κ2) is 10.6. The van der Waals surface area contributed by atoms with Crippen LogP contribution in [0.25, 0.3) is 16.8 Å². The molecule has 0 atom stereocenters. The number of aryl methyl sites for hydroxylation is 1. The van der Waals surface area contributed by atoms with E-state index in [0.29, 0.717) is 29.4 Å². The number of fused-ring (bicyclic) bond motifs is 1. The molecule has 5 heteroatoms. The van der Waals surface area contributed by atoms with Crippen LogP contribution in [0, 0.1) is 25.2 Å². The third-order valence-electron chi connectivity index (χ3n) is 5.98. The number of ether oxygens (including phenoxy) is 2. The average Bonchev–Trinajstić information content (AvgIpc) is 2.88. The minimum Gasteiger partial charge on any atom is -0.493 e. The summed E-state index contributed by atoms with van der Waals surface area (Å²) in [4.78, 5) is 12.7. The van der Waals surface area contributed by atoms with E-state index in [9.17, 15) is 10.1 Å². The lowest BCUT2D eigenvalue weighted by molar-refractivity contribution is -0.112. The first-order valence-corrected chi connectivity index (χ1v) is 11.3. The van der Waals surface area contributed by atoms with Crippen LogP contribution in [0.5, 0.6) is 11.5 Å². The van der Waals surface area contributed by atoms with E-state index in [2.05, 4.69) is 23.5 Å². The zero-order valence-electron chi connectivity index (χ0n) is 20.0. The maximum Gasteiger partial charge on any atom is 0.266 e. The Balaban J connectivity index is 1.53. The van der Waals surface area contributed by atoms with Crippen LogP contribution in [0.1, 0.15) is 22.3 Å². The maximum absolute atomic E-state index is 12.7. The number of carbonyl (C=O) groups excluding carboxylic acids is 1. The van der Waals surface area contributed by atoms with Crippen molar-refractivity contribution < 1.29 is 14.3 Å². The second-order valence-electron chi connectivity index (χ2n) is 8.21. The molecule has 0 unspecified atom stereocenters. The van der Waals surface area contributed by atoms with E-state index in [1.54, 1.807) is 25.3 Å². The molecule has 35 heavy (non-hydrogen) atoms. The number of rotatable bonds is 7. The summed E-state index contributed by atoms with van der Waals surface area (Å²) in [5, 5.41) is 14.7. The summed E-state index contributed by atoms with van der Waals surface area (Å²) in [6, 6.07) is 27.3. The van der Waals surface area contributed by atoms with Crippen LogP contribution >= 0.6 is 0 Å². The summed E-state index contributed by atoms with van der Waals surface area (Å²) >= 11 is 0. The van der Waals surface area contributed by atoms with Gasteiger partial charge in [-0.15, -0.1) is 0 Å². The van der Waals surface area contributed by atoms with Gasteiger partial charge in [0.1, 0.15) is 18.2 Å². The molecule has 0 aromatic heterocycles. The van der Waals surface area contributed by atoms with Gasteiger partial charge in [0.05, 0.1) is 7.11 Å². The SMILES string of the molecule is COc1cc(/C=C(\C#N)C(=O)Nc2cccc(C)c2C)ccc1OCc1cccc2ccccc12. The fourth-order valence-electron chi connectivity index (χ4n) is 3.86. The van der Waals surface area contributed by atoms with Crippen molar-refractivity contribution in [1.82, 2.24) is 0 Å². The van der Waals surface area contributed by atoms with Crippen molar-refractivity contribution in [2.24, 2.45) is 0 Å². The molecule has 4 aromatic carbocycles. The highest BCUT2D eigenvalue weighted by Crippen LogP contribution is 2.31. The van der Waals surface area contributed by atoms with Gasteiger partial charge in [0.25, 0.3) is 5.91 Å². The number of amides is 1. The molecular formula is C30H26N2O3. The minimum atomic E-state index is -0.462. The third-order valence-corrected chi connectivity index (χ3v) is 5.98. The molecule has 0 aliphatic rings. The van der Waals surface area contributed by atoms with Crippen LogP contribution in [0.2, 0.25) is 0 Å². The minimum absolute atomic E-state index is 0.00242. The van der Waals surface area contributed by atoms with E-state index < -0.39 is 5.91 Å². The van der Waals surface area contributed by atoms with E-state index in [-0.39, 0.29) is 5.57 Å². The van der Waals surface area contributed by atoms with Gasteiger partial charge in [-0.25, -0.2) is 0 Å². The van der Waals surface area contributed by atoms with E-state index >= 15 is 0 Å². The lowest BCUT2D eigenvalue weighted by Gasteiger charge is -2.13. The van der Waals surface area contributed by atoms with Crippen molar-refractivity contribution >= 4 is 28.4 Å². The van der Waals surface area contributed by atoms with Crippen LogP contribution in [-0.4, -0.2) is 13.0 Å². The fourth-order valence-corrected chi connectivity index (χ4v) is 3.86. The Morgan fingerprint density at radius 3 is 2.54 bits per heavy atom. The third kappa shape index (κ3) is 5.34. The zero-order chi connectivity index (χ0) is 24.8. The molecule has 4 aromatic rings. The predicted octanol–water partition coefficient (Wildman–Crippen LogP) is 6.59. The molecule has 1 N–H and O–H groups in total. The van der Waals surface area contributed by atoms with Crippen LogP contribution in [0.15, 0.2) is 84.4 Å². The van der Waals surface area contributed by atoms with Crippen molar-refractivity contribution in [3.8, 4) is 17.6 Å². The predicted molar refractivity (Wildman–Crippen MR) is 139 cm³/mol. The summed E-state index contributed by atoms with van der Waals surface area (Å²) < 4.78 is 11.6. The van der Waals surface area contributed by atoms with Gasteiger partial charge in [0.2, 0.25) is 0 Å². The molecule has 0 saturated carbocycles. The number of methoxy groups -OCH3 is 1. The van der Waals surface area contributed by atoms with Crippen LogP contribution < -0.4 is 14.8 Å². The number of carbonyl (C=O) groups is 1. The molecule has 4 rings (SSSR count). The number of nitriles is 1. The number of hydrogen-bond donors (Lipinski definition) is 1. The normalized spacial score (nSPS) is 11.1. The Morgan fingerprint density at radius 2 is 1.74 bits per heavy atom. The lowest BCUT2D eigenvalue weighted by atomic mass is 10.1. The molecular weight excluding hydrogens is 436 g/mol. The fraction of sp³-hybridized carbons (Fsp3) is 0.133. The Kier molecular flexibility index (Phi) is 7.13. The van der Waals surface area contributed by atoms with E-state index in [4.69, 9.17) is 9.47 Å². The molecule has 0 heterocycles. The molecule has 0 spiro atoms. The van der Waals surface area contributed by atoms with Crippen LogP contribution in [0.4, 0.5) is 5.69 Å². The van der Waals surface area contributed by atoms with Gasteiger partial charge < -0.3 is 14.8 Å². The van der Waals surface area contributed by atoms with Gasteiger partial charge >= 0.3 is 0 Å². The van der Waals surface area contributed by atoms with Gasteiger partial charge in [0.15, 0.2) is 11.5 Å². The number of anilines is 1. The Labute approximate surface area is 205 Å². The molecule has 1 amide bonds. The number of hydrogen-bond acceptors (Lipinski definition) is 4. The maximum atomic E-state index is 12.7. The molecule has 0 saturated heterocycles. The Morgan fingerprint density at radius 1 is 0.971 bits per heavy atom. The second-order valence-corrected chi connectivity index (χ2v) is 8.21. The summed E-state index contributed by atoms with van der Waals surface area (Å²) in [6.45, 7) is 4.29. The van der Waals surface area contributed by atoms with Gasteiger partial charge in [-0.1, -0.05) is 60.7 Å². The molecule has 0 radical (unpaired) electrons. The highest BCUT2D eigenvalue weighted by molar-refractivity contribution is 6.10. The van der Waals surface area contributed by atoms with Crippen molar-refractivity contribution in [2.45, 2.75) is 20.5 Å². The summed E-state index contributed by atoms with van der Waals surface area (Å²) in [7, 11) is 1.56. The highest BCUT2D eigenvalue weighted by Gasteiger charge is 2.13. The first kappa shape index (κ1) is 23.6. The molecule has 0 fully saturated rings. The Hall–Kier alpha value is -4.56. The molecule has 0 aliphatic carbocycles. The van der Waals surface area contributed by atoms with Crippen molar-refractivity contribution in [3.05, 3.63) is 107 Å². The topological polar surface area (TPSA) is 71.3 Å². The average molecular weight is 463 g/mol. The number of nitrogens with one attached hydrogen (secondary N) is 1. The lowest BCUT2D eigenvalue weighted by Crippen LogP contribution is -2.14. The van der Waals surface area contributed by atoms with Crippen LogP contribution in [-0.2, 0) is 11.4 Å². The molecule has 174 valence electrons. The number of nitrogens with zero attached hydrogens (tertiary/aromatic N) is 1. The van der Waals surface area contributed by atoms with Gasteiger partial charge in [0, 0.05) is 5.69 Å². The molecule has 0 aliphatic heterocycles. The molecule has 5 nitrogen and oxygen atoms in total. The summed E-state index contributed by atoms with van der Waals surface area (Å²) in [6.07, 6.45) is 1.54. The standard InChI is InChI=1S/C30H26N2O3/c1-20-8-6-13-27(21(20)2)32-30(33)25(18-31)16-22-14-15-28(29(17-22)34-3)35-19-24-11-7-10-23-9-4-5-12-26(23)24/h4-17H,19H2,1-3H3,(H,32,33)/b25-16+. The van der Waals surface area contributed by atoms with Gasteiger partial charge in [-0.3, -0.25) is 4.79 Å². The quantitative estimate of drug-likeness (QED) is 0.248. The monoisotopic (exact) mass is 462 g/mol. The smallest absolute Gasteiger partial charge is 0.266 e. The van der Waals surface area contributed by atoms with E-state index in [1.807, 2.05) is 62.4 Å². The largest absolute Gasteiger partial charge is 0.493 e. The summed E-state index contributed by atoms with van der Waals surface area (Å²) in [5.74, 6) is 0.638. The molecule has 0 bridgehead atoms. The van der Waals surface area contributed by atoms with E-state index in [0.717, 1.165) is 27.5 Å². The van der Waals surface area contributed by atoms with Crippen LogP contribution in [0.3, 0.4) is 0 Å². The van der Waals surface area contributed by atoms with E-state index in [1.165, 1.54) is 6.08 Å². The first-order chi connectivity index (χ1) is 17.0. The summed E-state index contributed by atoms with van der Waals surface area (Å²) in [5.41, 5.74) is 4.45. The first-order valence-electron chi connectivity index (χ1n) is 11.3. The zero-order valence-corrected chi connectivity index (χ0v) is 20.0. The number of benzene rings is 4. The van der Waals surface area contributed by atoms with Gasteiger partial charge in [-0.05, 0) is 71.1 Å². The Bertz CT molecular complexity index is 1460. The van der Waals surface area contributed by atoms with Crippen molar-refractivity contribution in [3.63, 3.8) is 0 Å². The van der Waals surface area contributed by atoms with Crippen molar-refractivity contribution in [1.29, 1.82) is 5.26 Å².